The molecule has 2 heterocycles. The fourth-order valence-corrected chi connectivity index (χ4v) is 3.60. The Labute approximate surface area is 153 Å². The second-order valence-corrected chi connectivity index (χ2v) is 6.92. The van der Waals surface area contributed by atoms with Gasteiger partial charge in [0.15, 0.2) is 0 Å². The molecule has 0 aromatic heterocycles. The van der Waals surface area contributed by atoms with Gasteiger partial charge in [-0.3, -0.25) is 4.79 Å². The van der Waals surface area contributed by atoms with Crippen molar-refractivity contribution in [1.29, 1.82) is 0 Å². The third-order valence-corrected chi connectivity index (χ3v) is 5.24. The van der Waals surface area contributed by atoms with Crippen LogP contribution >= 0.6 is 0 Å². The number of hydrogen-bond donors (Lipinski definition) is 2. The highest BCUT2D eigenvalue weighted by molar-refractivity contribution is 5.77. The van der Waals surface area contributed by atoms with Gasteiger partial charge in [-0.25, -0.2) is 4.79 Å². The third kappa shape index (κ3) is 3.93. The average molecular weight is 362 g/mol. The molecule has 0 radical (unpaired) electrons. The largest absolute Gasteiger partial charge is 0.492 e. The summed E-state index contributed by atoms with van der Waals surface area (Å²) in [6.07, 6.45) is 1.17. The molecule has 0 bridgehead atoms. The minimum atomic E-state index is -0.905. The Morgan fingerprint density at radius 1 is 1.27 bits per heavy atom. The number of piperidine rings is 1. The number of carboxylic acid groups (broad SMARTS) is 1. The number of nitrogens with zero attached hydrogens (tertiary/aromatic N) is 1. The minimum absolute atomic E-state index is 0.198. The Morgan fingerprint density at radius 2 is 2.04 bits per heavy atom. The molecule has 2 aliphatic heterocycles. The summed E-state index contributed by atoms with van der Waals surface area (Å²) in [6.45, 7) is 4.86. The van der Waals surface area contributed by atoms with Crippen LogP contribution in [0.2, 0.25) is 0 Å². The summed E-state index contributed by atoms with van der Waals surface area (Å²) in [5.74, 6) is 0.467. The van der Waals surface area contributed by atoms with Crippen molar-refractivity contribution in [3.63, 3.8) is 0 Å². The number of carbonyl (C=O) groups excluding carboxylic acids is 1. The van der Waals surface area contributed by atoms with Gasteiger partial charge in [-0.15, -0.1) is 0 Å². The number of hydrogen-bond acceptors (Lipinski definition) is 5. The normalized spacial score (nSPS) is 18.7. The summed E-state index contributed by atoms with van der Waals surface area (Å²) >= 11 is 0. The number of rotatable bonds is 5. The van der Waals surface area contributed by atoms with Crippen LogP contribution in [0.3, 0.4) is 0 Å². The summed E-state index contributed by atoms with van der Waals surface area (Å²) in [4.78, 5) is 25.1. The summed E-state index contributed by atoms with van der Waals surface area (Å²) in [5, 5.41) is 12.5. The molecular weight excluding hydrogens is 336 g/mol. The minimum Gasteiger partial charge on any atom is -0.492 e. The van der Waals surface area contributed by atoms with Gasteiger partial charge in [0.05, 0.1) is 6.61 Å². The Kier molecular flexibility index (Phi) is 5.66. The topological polar surface area (TPSA) is 88.1 Å². The molecule has 3 rings (SSSR count). The van der Waals surface area contributed by atoms with Gasteiger partial charge >= 0.3 is 12.1 Å². The van der Waals surface area contributed by atoms with E-state index >= 15 is 0 Å². The molecule has 1 fully saturated rings. The Hall–Kier alpha value is -2.28. The van der Waals surface area contributed by atoms with E-state index in [9.17, 15) is 14.7 Å². The van der Waals surface area contributed by atoms with E-state index < -0.39 is 11.5 Å². The van der Waals surface area contributed by atoms with Crippen molar-refractivity contribution in [2.45, 2.75) is 32.7 Å². The first-order chi connectivity index (χ1) is 12.5. The van der Waals surface area contributed by atoms with E-state index in [4.69, 9.17) is 9.47 Å². The van der Waals surface area contributed by atoms with Gasteiger partial charge in [-0.2, -0.15) is 0 Å². The highest BCUT2D eigenvalue weighted by atomic mass is 16.5. The van der Waals surface area contributed by atoms with E-state index in [1.165, 1.54) is 4.90 Å². The van der Waals surface area contributed by atoms with Gasteiger partial charge in [-0.1, -0.05) is 6.07 Å². The Bertz CT molecular complexity index is 670. The van der Waals surface area contributed by atoms with E-state index in [1.807, 2.05) is 25.1 Å². The molecule has 0 atom stereocenters. The quantitative estimate of drug-likeness (QED) is 0.780. The molecule has 7 heteroatoms. The van der Waals surface area contributed by atoms with Crippen molar-refractivity contribution < 1.29 is 24.2 Å². The monoisotopic (exact) mass is 362 g/mol. The van der Waals surface area contributed by atoms with E-state index in [0.29, 0.717) is 44.7 Å². The smallest absolute Gasteiger partial charge is 0.407 e. The van der Waals surface area contributed by atoms with Gasteiger partial charge in [0.1, 0.15) is 17.8 Å². The van der Waals surface area contributed by atoms with Crippen LogP contribution < -0.4 is 10.1 Å². The van der Waals surface area contributed by atoms with Crippen LogP contribution in [0.4, 0.5) is 4.79 Å². The lowest BCUT2D eigenvalue weighted by Gasteiger charge is -2.35. The van der Waals surface area contributed by atoms with Crippen LogP contribution in [-0.2, 0) is 22.5 Å². The van der Waals surface area contributed by atoms with E-state index in [0.717, 1.165) is 24.2 Å². The molecule has 1 aromatic rings. The maximum absolute atomic E-state index is 12.5. The van der Waals surface area contributed by atoms with Gasteiger partial charge in [0, 0.05) is 13.1 Å². The zero-order chi connectivity index (χ0) is 18.6. The lowest BCUT2D eigenvalue weighted by Crippen LogP contribution is -2.46. The second-order valence-electron chi connectivity index (χ2n) is 6.92. The highest BCUT2D eigenvalue weighted by Crippen LogP contribution is 2.32. The predicted octanol–water partition coefficient (Wildman–Crippen LogP) is 2.03. The first-order valence-corrected chi connectivity index (χ1v) is 9.14. The first kappa shape index (κ1) is 18.5. The average Bonchev–Trinajstić information content (AvgIpc) is 2.66. The zero-order valence-electron chi connectivity index (χ0n) is 15.1. The fraction of sp³-hybridized carbons (Fsp3) is 0.579. The fourth-order valence-electron chi connectivity index (χ4n) is 3.60. The molecule has 26 heavy (non-hydrogen) atoms. The molecule has 1 saturated heterocycles. The zero-order valence-corrected chi connectivity index (χ0v) is 15.1. The lowest BCUT2D eigenvalue weighted by molar-refractivity contribution is -0.159. The van der Waals surface area contributed by atoms with Crippen molar-refractivity contribution >= 4 is 12.1 Å². The van der Waals surface area contributed by atoms with E-state index in [1.54, 1.807) is 0 Å². The molecule has 2 N–H and O–H groups in total. The Morgan fingerprint density at radius 3 is 2.73 bits per heavy atom. The van der Waals surface area contributed by atoms with Gasteiger partial charge in [0.2, 0.25) is 0 Å². The van der Waals surface area contributed by atoms with Gasteiger partial charge < -0.3 is 24.8 Å². The molecule has 142 valence electrons. The van der Waals surface area contributed by atoms with Crippen LogP contribution in [0.1, 0.15) is 30.9 Å². The number of fused-ring (bicyclic) bond motifs is 1. The molecular formula is C19H26N2O5. The molecule has 1 amide bonds. The van der Waals surface area contributed by atoms with E-state index in [-0.39, 0.29) is 12.6 Å². The van der Waals surface area contributed by atoms with Crippen LogP contribution in [0.25, 0.3) is 0 Å². The molecule has 0 aliphatic carbocycles. The molecule has 0 unspecified atom stereocenters. The van der Waals surface area contributed by atoms with Crippen LogP contribution in [0, 0.1) is 5.41 Å². The molecule has 2 aliphatic rings. The lowest BCUT2D eigenvalue weighted by atomic mass is 9.79. The highest BCUT2D eigenvalue weighted by Gasteiger charge is 2.42. The van der Waals surface area contributed by atoms with E-state index in [2.05, 4.69) is 5.32 Å². The van der Waals surface area contributed by atoms with Crippen molar-refractivity contribution in [3.05, 3.63) is 29.3 Å². The number of carbonyl (C=O) groups is 2. The maximum atomic E-state index is 12.5. The van der Waals surface area contributed by atoms with Crippen molar-refractivity contribution in [2.75, 3.05) is 32.8 Å². The second kappa shape index (κ2) is 7.95. The van der Waals surface area contributed by atoms with Crippen molar-refractivity contribution in [2.24, 2.45) is 5.41 Å². The number of nitrogens with one attached hydrogen (secondary N) is 1. The number of ether oxygens (including phenoxy) is 2. The van der Waals surface area contributed by atoms with Crippen molar-refractivity contribution in [1.82, 2.24) is 10.2 Å². The summed E-state index contributed by atoms with van der Waals surface area (Å²) < 4.78 is 11.3. The summed E-state index contributed by atoms with van der Waals surface area (Å²) in [7, 11) is 0. The number of benzene rings is 1. The number of esters is 1. The molecule has 0 saturated carbocycles. The SMILES string of the molecule is CCOC(=O)C1(COc2ccc3c(c2)CN(C(=O)O)CC3)CCNCC1. The Balaban J connectivity index is 1.71. The molecule has 0 spiro atoms. The predicted molar refractivity (Wildman–Crippen MR) is 95.2 cm³/mol. The van der Waals surface area contributed by atoms with Crippen LogP contribution in [0.15, 0.2) is 18.2 Å². The van der Waals surface area contributed by atoms with Gasteiger partial charge in [0.25, 0.3) is 0 Å². The molecule has 1 aromatic carbocycles. The summed E-state index contributed by atoms with van der Waals surface area (Å²) in [5.41, 5.74) is 1.49. The van der Waals surface area contributed by atoms with Crippen LogP contribution in [0.5, 0.6) is 5.75 Å². The number of amides is 1. The van der Waals surface area contributed by atoms with Crippen LogP contribution in [-0.4, -0.2) is 54.9 Å². The van der Waals surface area contributed by atoms with Gasteiger partial charge in [-0.05, 0) is 62.5 Å². The first-order valence-electron chi connectivity index (χ1n) is 9.14. The maximum Gasteiger partial charge on any atom is 0.407 e. The van der Waals surface area contributed by atoms with Crippen molar-refractivity contribution in [3.8, 4) is 5.75 Å². The standard InChI is InChI=1S/C19H26N2O5/c1-2-25-17(22)19(6-8-20-9-7-19)13-26-16-4-3-14-5-10-21(18(23)24)12-15(14)11-16/h3-4,11,20H,2,5-10,12-13H2,1H3,(H,23,24). The summed E-state index contributed by atoms with van der Waals surface area (Å²) in [6, 6.07) is 5.78. The third-order valence-electron chi connectivity index (χ3n) is 5.24. The molecule has 7 nitrogen and oxygen atoms in total.